The fraction of sp³-hybridized carbons (Fsp3) is 0.393. The van der Waals surface area contributed by atoms with Gasteiger partial charge in [0.15, 0.2) is 11.6 Å². The van der Waals surface area contributed by atoms with Gasteiger partial charge in [0, 0.05) is 37.1 Å². The lowest BCUT2D eigenvalue weighted by molar-refractivity contribution is -0.152. The predicted molar refractivity (Wildman–Crippen MR) is 138 cm³/mol. The summed E-state index contributed by atoms with van der Waals surface area (Å²) in [4.78, 5) is 31.6. The van der Waals surface area contributed by atoms with E-state index >= 15 is 4.39 Å². The van der Waals surface area contributed by atoms with Crippen LogP contribution >= 0.6 is 0 Å². The summed E-state index contributed by atoms with van der Waals surface area (Å²) in [5.74, 6) is -1.51. The first-order chi connectivity index (χ1) is 18.4. The van der Waals surface area contributed by atoms with E-state index in [9.17, 15) is 9.59 Å². The number of hydrogen-bond donors (Lipinski definition) is 3. The van der Waals surface area contributed by atoms with Gasteiger partial charge in [-0.15, -0.1) is 0 Å². The van der Waals surface area contributed by atoms with Gasteiger partial charge in [-0.25, -0.2) is 14.9 Å². The lowest BCUT2D eigenvalue weighted by Gasteiger charge is -2.29. The van der Waals surface area contributed by atoms with Crippen LogP contribution in [0.4, 0.5) is 10.2 Å². The molecule has 9 nitrogen and oxygen atoms in total. The Balaban J connectivity index is 1.33. The van der Waals surface area contributed by atoms with Gasteiger partial charge in [0.1, 0.15) is 12.4 Å². The number of ether oxygens (including phenoxy) is 2. The van der Waals surface area contributed by atoms with Crippen LogP contribution in [0.3, 0.4) is 0 Å². The third-order valence-electron chi connectivity index (χ3n) is 7.31. The highest BCUT2D eigenvalue weighted by Gasteiger charge is 2.64. The van der Waals surface area contributed by atoms with E-state index in [1.165, 1.54) is 12.1 Å². The average Bonchev–Trinajstić information content (AvgIpc) is 3.67. The number of piperazine rings is 1. The number of nitrogens with one attached hydrogen (secondary N) is 2. The summed E-state index contributed by atoms with van der Waals surface area (Å²) in [6.07, 6.45) is 0.340. The third kappa shape index (κ3) is 5.14. The van der Waals surface area contributed by atoms with Crippen molar-refractivity contribution < 1.29 is 28.7 Å². The number of hydroxylamine groups is 1. The van der Waals surface area contributed by atoms with E-state index in [0.29, 0.717) is 5.56 Å². The van der Waals surface area contributed by atoms with Crippen molar-refractivity contribution in [3.8, 4) is 5.75 Å². The number of anilines is 1. The molecule has 2 fully saturated rings. The molecule has 0 bridgehead atoms. The second kappa shape index (κ2) is 10.9. The Morgan fingerprint density at radius 3 is 2.74 bits per heavy atom. The SMILES string of the molecule is CCOC(=O)[C@@]1(Cc2ccc(OCc3cc(N4CCNCC4)nc4ccccc34)c(F)c2)C[C@@H]1C(=O)NO. The smallest absolute Gasteiger partial charge is 0.313 e. The standard InChI is InChI=1S/C28H31FN4O5/c1-2-37-27(35)28(16-21(28)26(34)32-36)15-18-7-8-24(22(29)13-18)38-17-19-14-25(33-11-9-30-10-12-33)31-23-6-4-3-5-20(19)23/h3-8,13-14,21,30,36H,2,9-12,15-17H2,1H3,(H,32,34)/t21-,28+/m1/s1. The summed E-state index contributed by atoms with van der Waals surface area (Å²) < 4.78 is 26.2. The zero-order valence-corrected chi connectivity index (χ0v) is 21.2. The zero-order valence-electron chi connectivity index (χ0n) is 21.2. The molecular weight excluding hydrogens is 491 g/mol. The topological polar surface area (TPSA) is 113 Å². The fourth-order valence-electron chi connectivity index (χ4n) is 5.19. The van der Waals surface area contributed by atoms with Crippen molar-refractivity contribution >= 4 is 28.6 Å². The number of carbonyl (C=O) groups is 2. The molecule has 1 aliphatic heterocycles. The van der Waals surface area contributed by atoms with Crippen molar-refractivity contribution in [1.82, 2.24) is 15.8 Å². The molecule has 1 aromatic heterocycles. The van der Waals surface area contributed by atoms with Gasteiger partial charge in [-0.05, 0) is 49.6 Å². The number of para-hydroxylation sites is 1. The number of pyridine rings is 1. The maximum Gasteiger partial charge on any atom is 0.313 e. The highest BCUT2D eigenvalue weighted by molar-refractivity contribution is 5.93. The van der Waals surface area contributed by atoms with E-state index in [4.69, 9.17) is 19.7 Å². The normalized spacial score (nSPS) is 20.7. The monoisotopic (exact) mass is 522 g/mol. The van der Waals surface area contributed by atoms with Crippen molar-refractivity contribution in [3.05, 3.63) is 65.5 Å². The van der Waals surface area contributed by atoms with Crippen LogP contribution in [0.5, 0.6) is 5.75 Å². The number of fused-ring (bicyclic) bond motifs is 1. The first-order valence-electron chi connectivity index (χ1n) is 12.8. The molecule has 2 heterocycles. The average molecular weight is 523 g/mol. The quantitative estimate of drug-likeness (QED) is 0.223. The number of esters is 1. The van der Waals surface area contributed by atoms with Gasteiger partial charge in [-0.3, -0.25) is 14.8 Å². The Morgan fingerprint density at radius 2 is 2.00 bits per heavy atom. The van der Waals surface area contributed by atoms with E-state index in [1.54, 1.807) is 18.5 Å². The minimum absolute atomic E-state index is 0.0870. The van der Waals surface area contributed by atoms with Gasteiger partial charge in [0.25, 0.3) is 0 Å². The summed E-state index contributed by atoms with van der Waals surface area (Å²) in [5, 5.41) is 13.3. The highest BCUT2D eigenvalue weighted by Crippen LogP contribution is 2.56. The van der Waals surface area contributed by atoms with Crippen LogP contribution < -0.4 is 20.4 Å². The number of hydrogen-bond acceptors (Lipinski definition) is 8. The van der Waals surface area contributed by atoms with Gasteiger partial charge >= 0.3 is 5.97 Å². The van der Waals surface area contributed by atoms with Crippen molar-refractivity contribution in [2.24, 2.45) is 11.3 Å². The molecule has 3 aromatic rings. The van der Waals surface area contributed by atoms with Crippen molar-refractivity contribution in [2.45, 2.75) is 26.4 Å². The molecule has 1 aliphatic carbocycles. The number of amides is 1. The molecule has 1 saturated carbocycles. The van der Waals surface area contributed by atoms with E-state index in [-0.39, 0.29) is 31.8 Å². The predicted octanol–water partition coefficient (Wildman–Crippen LogP) is 2.98. The molecular formula is C28H31FN4O5. The minimum atomic E-state index is -1.12. The lowest BCUT2D eigenvalue weighted by Crippen LogP contribution is -2.43. The molecule has 200 valence electrons. The Morgan fingerprint density at radius 1 is 1.21 bits per heavy atom. The highest BCUT2D eigenvalue weighted by atomic mass is 19.1. The number of carbonyl (C=O) groups excluding carboxylic acids is 2. The summed E-state index contributed by atoms with van der Waals surface area (Å²) in [6.45, 7) is 5.49. The largest absolute Gasteiger partial charge is 0.486 e. The summed E-state index contributed by atoms with van der Waals surface area (Å²) in [6, 6.07) is 14.4. The maximum atomic E-state index is 15.1. The van der Waals surface area contributed by atoms with E-state index in [2.05, 4.69) is 10.2 Å². The summed E-state index contributed by atoms with van der Waals surface area (Å²) in [5.41, 5.74) is 2.78. The molecule has 2 aromatic carbocycles. The molecule has 3 N–H and O–H groups in total. The van der Waals surface area contributed by atoms with Gasteiger partial charge in [-0.2, -0.15) is 0 Å². The molecule has 2 atom stereocenters. The molecule has 5 rings (SSSR count). The van der Waals surface area contributed by atoms with Crippen LogP contribution in [0.1, 0.15) is 24.5 Å². The van der Waals surface area contributed by atoms with Crippen molar-refractivity contribution in [2.75, 3.05) is 37.7 Å². The van der Waals surface area contributed by atoms with Crippen molar-refractivity contribution in [3.63, 3.8) is 0 Å². The molecule has 1 amide bonds. The van der Waals surface area contributed by atoms with Crippen LogP contribution in [0.15, 0.2) is 48.5 Å². The van der Waals surface area contributed by atoms with Gasteiger partial charge in [-0.1, -0.05) is 24.3 Å². The minimum Gasteiger partial charge on any atom is -0.486 e. The maximum absolute atomic E-state index is 15.1. The number of nitrogens with zero attached hydrogens (tertiary/aromatic N) is 2. The van der Waals surface area contributed by atoms with Gasteiger partial charge < -0.3 is 19.7 Å². The van der Waals surface area contributed by atoms with Crippen LogP contribution in [-0.4, -0.2) is 54.9 Å². The van der Waals surface area contributed by atoms with Gasteiger partial charge in [0.2, 0.25) is 5.91 Å². The number of aromatic nitrogens is 1. The van der Waals surface area contributed by atoms with E-state index in [1.807, 2.05) is 30.3 Å². The van der Waals surface area contributed by atoms with Gasteiger partial charge in [0.05, 0.1) is 23.5 Å². The van der Waals surface area contributed by atoms with Crippen LogP contribution in [-0.2, 0) is 27.4 Å². The number of benzene rings is 2. The second-order valence-corrected chi connectivity index (χ2v) is 9.73. The third-order valence-corrected chi connectivity index (χ3v) is 7.31. The Labute approximate surface area is 219 Å². The Bertz CT molecular complexity index is 1350. The molecule has 38 heavy (non-hydrogen) atoms. The molecule has 10 heteroatoms. The molecule has 2 aliphatic rings. The van der Waals surface area contributed by atoms with Crippen LogP contribution in [0, 0.1) is 17.2 Å². The van der Waals surface area contributed by atoms with E-state index < -0.39 is 29.0 Å². The second-order valence-electron chi connectivity index (χ2n) is 9.73. The number of halogens is 1. The van der Waals surface area contributed by atoms with Crippen molar-refractivity contribution in [1.29, 1.82) is 0 Å². The lowest BCUT2D eigenvalue weighted by atomic mass is 9.93. The molecule has 0 unspecified atom stereocenters. The first kappa shape index (κ1) is 25.9. The summed E-state index contributed by atoms with van der Waals surface area (Å²) in [7, 11) is 0. The number of rotatable bonds is 9. The fourth-order valence-corrected chi connectivity index (χ4v) is 5.19. The molecule has 0 radical (unpaired) electrons. The molecule has 1 saturated heterocycles. The zero-order chi connectivity index (χ0) is 26.7. The van der Waals surface area contributed by atoms with Crippen LogP contribution in [0.2, 0.25) is 0 Å². The summed E-state index contributed by atoms with van der Waals surface area (Å²) >= 11 is 0. The van der Waals surface area contributed by atoms with Crippen LogP contribution in [0.25, 0.3) is 10.9 Å². The van der Waals surface area contributed by atoms with E-state index in [0.717, 1.165) is 48.5 Å². The Hall–Kier alpha value is -3.76. The first-order valence-corrected chi connectivity index (χ1v) is 12.8. The Kier molecular flexibility index (Phi) is 7.44. The molecule has 0 spiro atoms.